The van der Waals surface area contributed by atoms with Gasteiger partial charge < -0.3 is 5.11 Å². The summed E-state index contributed by atoms with van der Waals surface area (Å²) in [5.41, 5.74) is -0.547. The van der Waals surface area contributed by atoms with Crippen LogP contribution in [0.5, 0.6) is 5.75 Å². The van der Waals surface area contributed by atoms with E-state index in [1.807, 2.05) is 0 Å². The van der Waals surface area contributed by atoms with Crippen LogP contribution in [0.25, 0.3) is 0 Å². The number of nitrogens with zero attached hydrogens (tertiary/aromatic N) is 1. The number of nitro groups is 1. The number of phenolic OH excluding ortho intramolecular Hbond substituents is 1. The molecule has 7 nitrogen and oxygen atoms in total. The minimum atomic E-state index is -4.18. The molecule has 2 aromatic carbocycles. The molecule has 9 heteroatoms. The lowest BCUT2D eigenvalue weighted by atomic mass is 10.3. The van der Waals surface area contributed by atoms with Crippen LogP contribution in [-0.4, -0.2) is 18.4 Å². The second-order valence-corrected chi connectivity index (χ2v) is 6.11. The summed E-state index contributed by atoms with van der Waals surface area (Å²) in [5, 5.41) is 20.3. The molecule has 0 aromatic heterocycles. The molecule has 0 fully saturated rings. The molecule has 0 bridgehead atoms. The van der Waals surface area contributed by atoms with Gasteiger partial charge in [-0.2, -0.15) is 0 Å². The van der Waals surface area contributed by atoms with E-state index in [2.05, 4.69) is 4.72 Å². The molecule has 2 aromatic rings. The highest BCUT2D eigenvalue weighted by Gasteiger charge is 2.26. The molecule has 0 radical (unpaired) electrons. The zero-order valence-electron chi connectivity index (χ0n) is 10.4. The van der Waals surface area contributed by atoms with Crippen molar-refractivity contribution in [2.75, 3.05) is 4.72 Å². The van der Waals surface area contributed by atoms with Gasteiger partial charge in [-0.25, -0.2) is 8.42 Å². The first-order valence-corrected chi connectivity index (χ1v) is 7.41. The Morgan fingerprint density at radius 1 is 1.19 bits per heavy atom. The summed E-state index contributed by atoms with van der Waals surface area (Å²) in [6.45, 7) is 0. The highest BCUT2D eigenvalue weighted by Crippen LogP contribution is 2.29. The number of halogens is 1. The molecular formula is C12H9ClN2O5S. The number of sulfonamides is 1. The summed E-state index contributed by atoms with van der Waals surface area (Å²) in [4.78, 5) is 9.60. The first-order chi connectivity index (χ1) is 9.79. The van der Waals surface area contributed by atoms with Crippen LogP contribution in [0.4, 0.5) is 11.4 Å². The summed E-state index contributed by atoms with van der Waals surface area (Å²) >= 11 is 5.64. The van der Waals surface area contributed by atoms with Gasteiger partial charge in [0.1, 0.15) is 5.75 Å². The Kier molecular flexibility index (Phi) is 4.01. The number of rotatable bonds is 4. The van der Waals surface area contributed by atoms with Crippen LogP contribution in [0, 0.1) is 10.1 Å². The van der Waals surface area contributed by atoms with Crippen molar-refractivity contribution in [2.24, 2.45) is 0 Å². The van der Waals surface area contributed by atoms with Crippen LogP contribution in [-0.2, 0) is 10.0 Å². The third-order valence-electron chi connectivity index (χ3n) is 2.51. The SMILES string of the molecule is O=[N+]([O-])c1cc(Cl)ccc1S(=O)(=O)Nc1cccc(O)c1. The molecule has 0 atom stereocenters. The zero-order valence-corrected chi connectivity index (χ0v) is 11.9. The molecule has 0 saturated carbocycles. The van der Waals surface area contributed by atoms with Gasteiger partial charge in [0, 0.05) is 17.2 Å². The van der Waals surface area contributed by atoms with E-state index < -0.39 is 25.5 Å². The average molecular weight is 329 g/mol. The molecule has 0 unspecified atom stereocenters. The normalized spacial score (nSPS) is 11.1. The molecule has 0 saturated heterocycles. The predicted molar refractivity (Wildman–Crippen MR) is 77.0 cm³/mol. The summed E-state index contributed by atoms with van der Waals surface area (Å²) in [6.07, 6.45) is 0. The van der Waals surface area contributed by atoms with Crippen molar-refractivity contribution in [2.45, 2.75) is 4.90 Å². The Balaban J connectivity index is 2.47. The predicted octanol–water partition coefficient (Wildman–Crippen LogP) is 2.75. The molecular weight excluding hydrogens is 320 g/mol. The Morgan fingerprint density at radius 2 is 1.90 bits per heavy atom. The van der Waals surface area contributed by atoms with E-state index in [0.29, 0.717) is 0 Å². The fraction of sp³-hybridized carbons (Fsp3) is 0. The van der Waals surface area contributed by atoms with Gasteiger partial charge in [0.15, 0.2) is 4.90 Å². The van der Waals surface area contributed by atoms with Crippen LogP contribution >= 0.6 is 11.6 Å². The Hall–Kier alpha value is -2.32. The van der Waals surface area contributed by atoms with E-state index in [1.165, 1.54) is 30.3 Å². The summed E-state index contributed by atoms with van der Waals surface area (Å²) in [7, 11) is -4.18. The minimum Gasteiger partial charge on any atom is -0.508 e. The van der Waals surface area contributed by atoms with Gasteiger partial charge in [-0.3, -0.25) is 14.8 Å². The number of hydrogen-bond acceptors (Lipinski definition) is 5. The van der Waals surface area contributed by atoms with Crippen molar-refractivity contribution in [3.63, 3.8) is 0 Å². The molecule has 0 aliphatic rings. The van der Waals surface area contributed by atoms with E-state index in [4.69, 9.17) is 11.6 Å². The quantitative estimate of drug-likeness (QED) is 0.662. The minimum absolute atomic E-state index is 0.0537. The highest BCUT2D eigenvalue weighted by molar-refractivity contribution is 7.92. The van der Waals surface area contributed by atoms with Crippen LogP contribution in [0.3, 0.4) is 0 Å². The molecule has 110 valence electrons. The molecule has 2 rings (SSSR count). The van der Waals surface area contributed by atoms with E-state index in [9.17, 15) is 23.6 Å². The van der Waals surface area contributed by atoms with Crippen molar-refractivity contribution in [3.8, 4) is 5.75 Å². The van der Waals surface area contributed by atoms with E-state index >= 15 is 0 Å². The number of phenols is 1. The van der Waals surface area contributed by atoms with E-state index in [1.54, 1.807) is 0 Å². The number of nitro benzene ring substituents is 1. The van der Waals surface area contributed by atoms with Gasteiger partial charge in [0.05, 0.1) is 10.6 Å². The lowest BCUT2D eigenvalue weighted by Crippen LogP contribution is -2.14. The average Bonchev–Trinajstić information content (AvgIpc) is 2.37. The number of hydrogen-bond donors (Lipinski definition) is 2. The third-order valence-corrected chi connectivity index (χ3v) is 4.17. The van der Waals surface area contributed by atoms with Crippen molar-refractivity contribution < 1.29 is 18.4 Å². The van der Waals surface area contributed by atoms with Gasteiger partial charge in [0.25, 0.3) is 15.7 Å². The molecule has 21 heavy (non-hydrogen) atoms. The van der Waals surface area contributed by atoms with Crippen molar-refractivity contribution >= 4 is 33.0 Å². The van der Waals surface area contributed by atoms with E-state index in [-0.39, 0.29) is 16.5 Å². The summed E-state index contributed by atoms with van der Waals surface area (Å²) < 4.78 is 26.6. The highest BCUT2D eigenvalue weighted by atomic mass is 35.5. The van der Waals surface area contributed by atoms with Gasteiger partial charge >= 0.3 is 0 Å². The summed E-state index contributed by atoms with van der Waals surface area (Å²) in [6, 6.07) is 8.63. The number of aromatic hydroxyl groups is 1. The Labute approximate surface area is 125 Å². The second kappa shape index (κ2) is 5.58. The zero-order chi connectivity index (χ0) is 15.6. The van der Waals surface area contributed by atoms with Crippen LogP contribution in [0.15, 0.2) is 47.4 Å². The van der Waals surface area contributed by atoms with E-state index in [0.717, 1.165) is 12.1 Å². The van der Waals surface area contributed by atoms with Crippen LogP contribution in [0.2, 0.25) is 5.02 Å². The monoisotopic (exact) mass is 328 g/mol. The topological polar surface area (TPSA) is 110 Å². The standard InChI is InChI=1S/C12H9ClN2O5S/c13-8-4-5-12(11(6-8)15(17)18)21(19,20)14-9-2-1-3-10(16)7-9/h1-7,14,16H. The maximum atomic E-state index is 12.2. The molecule has 0 spiro atoms. The van der Waals surface area contributed by atoms with Crippen molar-refractivity contribution in [1.82, 2.24) is 0 Å². The van der Waals surface area contributed by atoms with Crippen LogP contribution in [0.1, 0.15) is 0 Å². The van der Waals surface area contributed by atoms with Crippen molar-refractivity contribution in [1.29, 1.82) is 0 Å². The fourth-order valence-corrected chi connectivity index (χ4v) is 3.01. The number of nitrogens with one attached hydrogen (secondary N) is 1. The number of anilines is 1. The maximum Gasteiger partial charge on any atom is 0.291 e. The maximum absolute atomic E-state index is 12.2. The van der Waals surface area contributed by atoms with Gasteiger partial charge in [-0.05, 0) is 24.3 Å². The fourth-order valence-electron chi connectivity index (χ4n) is 1.64. The smallest absolute Gasteiger partial charge is 0.291 e. The van der Waals surface area contributed by atoms with Gasteiger partial charge in [-0.15, -0.1) is 0 Å². The molecule has 0 amide bonds. The Bertz CT molecular complexity index is 807. The number of benzene rings is 2. The van der Waals surface area contributed by atoms with Crippen LogP contribution < -0.4 is 4.72 Å². The largest absolute Gasteiger partial charge is 0.508 e. The summed E-state index contributed by atoms with van der Waals surface area (Å²) in [5.74, 6) is -0.138. The lowest BCUT2D eigenvalue weighted by Gasteiger charge is -2.09. The second-order valence-electron chi connectivity index (χ2n) is 4.02. The van der Waals surface area contributed by atoms with Gasteiger partial charge in [-0.1, -0.05) is 17.7 Å². The first kappa shape index (κ1) is 15.1. The first-order valence-electron chi connectivity index (χ1n) is 5.55. The molecule has 0 aliphatic heterocycles. The van der Waals surface area contributed by atoms with Crippen molar-refractivity contribution in [3.05, 3.63) is 57.6 Å². The van der Waals surface area contributed by atoms with Gasteiger partial charge in [0.2, 0.25) is 0 Å². The lowest BCUT2D eigenvalue weighted by molar-refractivity contribution is -0.387. The molecule has 2 N–H and O–H groups in total. The Morgan fingerprint density at radius 3 is 2.52 bits per heavy atom. The molecule has 0 heterocycles. The third kappa shape index (κ3) is 3.41. The molecule has 0 aliphatic carbocycles.